The summed E-state index contributed by atoms with van der Waals surface area (Å²) in [7, 11) is -3.57. The molecule has 8 heteroatoms. The summed E-state index contributed by atoms with van der Waals surface area (Å²) in [6, 6.07) is 1.49. The Balaban J connectivity index is 2.82. The lowest BCUT2D eigenvalue weighted by Crippen LogP contribution is -2.36. The van der Waals surface area contributed by atoms with E-state index in [0.717, 1.165) is 25.1 Å². The predicted octanol–water partition coefficient (Wildman–Crippen LogP) is 2.96. The van der Waals surface area contributed by atoms with Crippen LogP contribution in [0.5, 0.6) is 0 Å². The molecule has 0 aliphatic heterocycles. The third-order valence-corrected chi connectivity index (χ3v) is 6.02. The molecular formula is C13H23BrN2O3S2. The van der Waals surface area contributed by atoms with E-state index < -0.39 is 10.0 Å². The maximum atomic E-state index is 12.4. The average molecular weight is 399 g/mol. The third kappa shape index (κ3) is 5.94. The molecule has 0 radical (unpaired) electrons. The van der Waals surface area contributed by atoms with Gasteiger partial charge in [-0.3, -0.25) is 0 Å². The highest BCUT2D eigenvalue weighted by Crippen LogP contribution is 2.26. The van der Waals surface area contributed by atoms with Crippen molar-refractivity contribution in [2.45, 2.75) is 44.2 Å². The van der Waals surface area contributed by atoms with Gasteiger partial charge in [-0.2, -0.15) is 11.8 Å². The SMILES string of the molecule is CCCNCc1cc(S(=O)(=O)NC(CC)CSC)c(Br)o1. The summed E-state index contributed by atoms with van der Waals surface area (Å²) in [4.78, 5) is 0.162. The molecule has 21 heavy (non-hydrogen) atoms. The van der Waals surface area contributed by atoms with Crippen LogP contribution < -0.4 is 10.0 Å². The van der Waals surface area contributed by atoms with Crippen molar-refractivity contribution in [3.8, 4) is 0 Å². The number of hydrogen-bond donors (Lipinski definition) is 2. The lowest BCUT2D eigenvalue weighted by molar-refractivity contribution is 0.460. The summed E-state index contributed by atoms with van der Waals surface area (Å²) in [6.07, 6.45) is 3.73. The highest BCUT2D eigenvalue weighted by Gasteiger charge is 2.24. The molecule has 0 saturated carbocycles. The Labute approximate surface area is 139 Å². The average Bonchev–Trinajstić information content (AvgIpc) is 2.80. The zero-order chi connectivity index (χ0) is 15.9. The number of halogens is 1. The first kappa shape index (κ1) is 19.0. The highest BCUT2D eigenvalue weighted by molar-refractivity contribution is 9.10. The molecule has 1 unspecified atom stereocenters. The second-order valence-corrected chi connectivity index (χ2v) is 8.02. The van der Waals surface area contributed by atoms with Crippen LogP contribution in [0.4, 0.5) is 0 Å². The van der Waals surface area contributed by atoms with Crippen LogP contribution in [0.1, 0.15) is 32.4 Å². The molecule has 0 aliphatic carbocycles. The van der Waals surface area contributed by atoms with Gasteiger partial charge < -0.3 is 9.73 Å². The number of furan rings is 1. The molecule has 0 amide bonds. The summed E-state index contributed by atoms with van der Waals surface area (Å²) in [6.45, 7) is 5.42. The van der Waals surface area contributed by atoms with E-state index in [-0.39, 0.29) is 15.6 Å². The van der Waals surface area contributed by atoms with Crippen molar-refractivity contribution < 1.29 is 12.8 Å². The first-order valence-corrected chi connectivity index (χ1v) is 10.6. The quantitative estimate of drug-likeness (QED) is 0.592. The van der Waals surface area contributed by atoms with Gasteiger partial charge in [0.1, 0.15) is 10.7 Å². The lowest BCUT2D eigenvalue weighted by atomic mass is 10.3. The summed E-state index contributed by atoms with van der Waals surface area (Å²) < 4.78 is 33.2. The van der Waals surface area contributed by atoms with E-state index >= 15 is 0 Å². The first-order valence-electron chi connectivity index (χ1n) is 6.94. The van der Waals surface area contributed by atoms with Gasteiger partial charge in [0.15, 0.2) is 4.67 Å². The van der Waals surface area contributed by atoms with Gasteiger partial charge in [-0.1, -0.05) is 13.8 Å². The third-order valence-electron chi connectivity index (χ3n) is 2.90. The van der Waals surface area contributed by atoms with Gasteiger partial charge in [0.2, 0.25) is 10.0 Å². The van der Waals surface area contributed by atoms with Crippen LogP contribution in [0.3, 0.4) is 0 Å². The predicted molar refractivity (Wildman–Crippen MR) is 91.2 cm³/mol. The molecule has 0 aliphatic rings. The van der Waals surface area contributed by atoms with Gasteiger partial charge in [0.05, 0.1) is 6.54 Å². The Morgan fingerprint density at radius 1 is 1.43 bits per heavy atom. The van der Waals surface area contributed by atoms with Gasteiger partial charge in [0.25, 0.3) is 0 Å². The summed E-state index contributed by atoms with van der Waals surface area (Å²) >= 11 is 4.82. The Morgan fingerprint density at radius 2 is 2.14 bits per heavy atom. The molecule has 5 nitrogen and oxygen atoms in total. The van der Waals surface area contributed by atoms with E-state index in [0.29, 0.717) is 12.3 Å². The van der Waals surface area contributed by atoms with E-state index in [9.17, 15) is 8.42 Å². The number of thioether (sulfide) groups is 1. The van der Waals surface area contributed by atoms with E-state index in [1.807, 2.05) is 13.2 Å². The first-order chi connectivity index (χ1) is 9.94. The van der Waals surface area contributed by atoms with Crippen LogP contribution in [-0.2, 0) is 16.6 Å². The smallest absolute Gasteiger partial charge is 0.245 e. The number of nitrogens with one attached hydrogen (secondary N) is 2. The Hall–Kier alpha value is -0.0200. The van der Waals surface area contributed by atoms with E-state index in [1.165, 1.54) is 0 Å². The van der Waals surface area contributed by atoms with Crippen molar-refractivity contribution in [2.75, 3.05) is 18.6 Å². The van der Waals surface area contributed by atoms with Crippen LogP contribution in [-0.4, -0.2) is 33.0 Å². The number of hydrogen-bond acceptors (Lipinski definition) is 5. The van der Waals surface area contributed by atoms with Gasteiger partial charge in [0, 0.05) is 17.9 Å². The highest BCUT2D eigenvalue weighted by atomic mass is 79.9. The Bertz CT molecular complexity index is 532. The van der Waals surface area contributed by atoms with Crippen LogP contribution in [0.25, 0.3) is 0 Å². The van der Waals surface area contributed by atoms with Crippen molar-refractivity contribution in [3.05, 3.63) is 16.5 Å². The molecule has 0 spiro atoms. The molecule has 1 atom stereocenters. The lowest BCUT2D eigenvalue weighted by Gasteiger charge is -2.15. The molecule has 122 valence electrons. The second kappa shape index (κ2) is 9.19. The van der Waals surface area contributed by atoms with Crippen molar-refractivity contribution in [1.82, 2.24) is 10.0 Å². The second-order valence-electron chi connectivity index (χ2n) is 4.71. The fraction of sp³-hybridized carbons (Fsp3) is 0.692. The van der Waals surface area contributed by atoms with Crippen molar-refractivity contribution in [2.24, 2.45) is 0 Å². The molecule has 1 heterocycles. The van der Waals surface area contributed by atoms with Gasteiger partial charge >= 0.3 is 0 Å². The number of rotatable bonds is 10. The van der Waals surface area contributed by atoms with Gasteiger partial charge in [-0.25, -0.2) is 13.1 Å². The topological polar surface area (TPSA) is 71.3 Å². The van der Waals surface area contributed by atoms with Crippen molar-refractivity contribution in [3.63, 3.8) is 0 Å². The van der Waals surface area contributed by atoms with Crippen LogP contribution in [0, 0.1) is 0 Å². The molecule has 2 N–H and O–H groups in total. The van der Waals surface area contributed by atoms with Crippen molar-refractivity contribution >= 4 is 37.7 Å². The molecule has 0 aromatic carbocycles. The largest absolute Gasteiger partial charge is 0.452 e. The molecule has 0 bridgehead atoms. The van der Waals surface area contributed by atoms with E-state index in [1.54, 1.807) is 17.8 Å². The standard InChI is InChI=1S/C13H23BrN2O3S2/c1-4-6-15-8-11-7-12(13(14)19-11)21(17,18)16-10(5-2)9-20-3/h7,10,15-16H,4-6,8-9H2,1-3H3. The van der Waals surface area contributed by atoms with E-state index in [2.05, 4.69) is 32.9 Å². The van der Waals surface area contributed by atoms with Crippen LogP contribution in [0.15, 0.2) is 20.0 Å². The molecular weight excluding hydrogens is 376 g/mol. The minimum Gasteiger partial charge on any atom is -0.452 e. The monoisotopic (exact) mass is 398 g/mol. The zero-order valence-electron chi connectivity index (χ0n) is 12.6. The van der Waals surface area contributed by atoms with Gasteiger partial charge in [-0.05, 0) is 41.6 Å². The molecule has 1 rings (SSSR count). The number of sulfonamides is 1. The molecule has 0 saturated heterocycles. The maximum Gasteiger partial charge on any atom is 0.245 e. The maximum absolute atomic E-state index is 12.4. The van der Waals surface area contributed by atoms with Crippen LogP contribution >= 0.6 is 27.7 Å². The minimum absolute atomic E-state index is 0.0755. The Kier molecular flexibility index (Phi) is 8.33. The zero-order valence-corrected chi connectivity index (χ0v) is 15.8. The Morgan fingerprint density at radius 3 is 2.71 bits per heavy atom. The van der Waals surface area contributed by atoms with Crippen molar-refractivity contribution in [1.29, 1.82) is 0 Å². The fourth-order valence-electron chi connectivity index (χ4n) is 1.78. The minimum atomic E-state index is -3.57. The van der Waals surface area contributed by atoms with Crippen LogP contribution in [0.2, 0.25) is 0 Å². The summed E-state index contributed by atoms with van der Waals surface area (Å²) in [5.74, 6) is 1.35. The summed E-state index contributed by atoms with van der Waals surface area (Å²) in [5, 5.41) is 3.18. The summed E-state index contributed by atoms with van der Waals surface area (Å²) in [5.41, 5.74) is 0. The normalized spacial score (nSPS) is 13.5. The molecule has 1 aromatic heterocycles. The van der Waals surface area contributed by atoms with E-state index in [4.69, 9.17) is 4.42 Å². The molecule has 0 fully saturated rings. The molecule has 1 aromatic rings. The van der Waals surface area contributed by atoms with Gasteiger partial charge in [-0.15, -0.1) is 0 Å². The fourth-order valence-corrected chi connectivity index (χ4v) is 4.92.